The van der Waals surface area contributed by atoms with Crippen molar-refractivity contribution in [3.63, 3.8) is 0 Å². The number of hydrogen-bond donors (Lipinski definition) is 2. The highest BCUT2D eigenvalue weighted by atomic mass is 35.5. The van der Waals surface area contributed by atoms with Crippen LogP contribution in [0.1, 0.15) is 27.4 Å². The monoisotopic (exact) mass is 579 g/mol. The van der Waals surface area contributed by atoms with E-state index in [-0.39, 0.29) is 37.2 Å². The van der Waals surface area contributed by atoms with Gasteiger partial charge < -0.3 is 19.9 Å². The molecule has 4 aromatic rings. The maximum atomic E-state index is 13.7. The second-order valence-corrected chi connectivity index (χ2v) is 8.70. The predicted octanol–water partition coefficient (Wildman–Crippen LogP) is 5.38. The molecule has 40 heavy (non-hydrogen) atoms. The standard InChI is InChI=1S/C20H15F4N5O3.C6H4ClF/c21-13-6-11(5-12(7-13)20(22,23)24)19(31)28-18-14-8-26-16(30)9-29(14)15(27-18)10-32-17-3-1-2-4-25-17;7-5-1-3-6(8)4-2-5/h1-7H,8-10H2,(H,26,30)(H,28,31);1-4H. The number of amides is 2. The first-order valence-corrected chi connectivity index (χ1v) is 11.9. The summed E-state index contributed by atoms with van der Waals surface area (Å²) in [5.74, 6) is -2.09. The Morgan fingerprint density at radius 1 is 1.07 bits per heavy atom. The summed E-state index contributed by atoms with van der Waals surface area (Å²) in [5.41, 5.74) is -1.39. The van der Waals surface area contributed by atoms with Gasteiger partial charge in [-0.05, 0) is 48.5 Å². The second kappa shape index (κ2) is 12.1. The fraction of sp³-hybridized carbons (Fsp3) is 0.154. The summed E-state index contributed by atoms with van der Waals surface area (Å²) in [7, 11) is 0. The van der Waals surface area contributed by atoms with E-state index < -0.39 is 29.0 Å². The van der Waals surface area contributed by atoms with Gasteiger partial charge in [-0.25, -0.2) is 18.7 Å². The van der Waals surface area contributed by atoms with Crippen molar-refractivity contribution >= 4 is 29.2 Å². The Hall–Kier alpha value is -4.52. The van der Waals surface area contributed by atoms with Gasteiger partial charge in [0.05, 0.1) is 17.8 Å². The first-order chi connectivity index (χ1) is 19.0. The third kappa shape index (κ3) is 7.32. The number of aromatic nitrogens is 3. The summed E-state index contributed by atoms with van der Waals surface area (Å²) >= 11 is 5.44. The number of rotatable bonds is 5. The molecule has 0 radical (unpaired) electrons. The van der Waals surface area contributed by atoms with E-state index >= 15 is 0 Å². The number of hydrogen-bond acceptors (Lipinski definition) is 5. The maximum Gasteiger partial charge on any atom is 0.416 e. The van der Waals surface area contributed by atoms with Crippen LogP contribution in [0.5, 0.6) is 5.88 Å². The molecule has 2 aromatic heterocycles. The van der Waals surface area contributed by atoms with Gasteiger partial charge in [0.25, 0.3) is 5.91 Å². The number of fused-ring (bicyclic) bond motifs is 1. The molecule has 0 spiro atoms. The van der Waals surface area contributed by atoms with Crippen LogP contribution in [0.15, 0.2) is 66.9 Å². The van der Waals surface area contributed by atoms with Gasteiger partial charge >= 0.3 is 6.18 Å². The first kappa shape index (κ1) is 28.5. The van der Waals surface area contributed by atoms with Gasteiger partial charge in [0.1, 0.15) is 30.6 Å². The highest BCUT2D eigenvalue weighted by Crippen LogP contribution is 2.31. The fourth-order valence-corrected chi connectivity index (χ4v) is 3.69. The molecule has 5 rings (SSSR count). The van der Waals surface area contributed by atoms with E-state index in [1.807, 2.05) is 0 Å². The van der Waals surface area contributed by atoms with E-state index in [4.69, 9.17) is 16.3 Å². The molecule has 14 heteroatoms. The summed E-state index contributed by atoms with van der Waals surface area (Å²) in [6.45, 7) is -0.134. The average Bonchev–Trinajstić information content (AvgIpc) is 3.25. The Balaban J connectivity index is 0.000000398. The minimum atomic E-state index is -4.81. The lowest BCUT2D eigenvalue weighted by molar-refractivity contribution is -0.137. The third-order valence-corrected chi connectivity index (χ3v) is 5.67. The van der Waals surface area contributed by atoms with Gasteiger partial charge in [0.15, 0.2) is 5.82 Å². The van der Waals surface area contributed by atoms with Crippen molar-refractivity contribution in [2.24, 2.45) is 0 Å². The van der Waals surface area contributed by atoms with Gasteiger partial charge in [-0.1, -0.05) is 17.7 Å². The van der Waals surface area contributed by atoms with Gasteiger partial charge in [-0.3, -0.25) is 9.59 Å². The Morgan fingerprint density at radius 2 is 1.82 bits per heavy atom. The molecule has 2 aromatic carbocycles. The fourth-order valence-electron chi connectivity index (χ4n) is 3.56. The molecule has 0 unspecified atom stereocenters. The molecule has 0 saturated heterocycles. The number of carbonyl (C=O) groups is 2. The maximum absolute atomic E-state index is 13.7. The zero-order valence-electron chi connectivity index (χ0n) is 20.3. The molecular formula is C26H19ClF5N5O3. The average molecular weight is 580 g/mol. The van der Waals surface area contributed by atoms with Crippen LogP contribution in [0.2, 0.25) is 5.02 Å². The molecule has 0 saturated carbocycles. The Kier molecular flexibility index (Phi) is 8.63. The van der Waals surface area contributed by atoms with Crippen molar-refractivity contribution in [1.29, 1.82) is 0 Å². The van der Waals surface area contributed by atoms with E-state index in [1.165, 1.54) is 35.0 Å². The van der Waals surface area contributed by atoms with E-state index in [0.29, 0.717) is 40.6 Å². The molecule has 1 aliphatic rings. The zero-order chi connectivity index (χ0) is 28.9. The van der Waals surface area contributed by atoms with Crippen LogP contribution in [0.3, 0.4) is 0 Å². The molecule has 8 nitrogen and oxygen atoms in total. The first-order valence-electron chi connectivity index (χ1n) is 11.5. The summed E-state index contributed by atoms with van der Waals surface area (Å²) < 4.78 is 71.6. The van der Waals surface area contributed by atoms with Crippen LogP contribution in [-0.4, -0.2) is 26.3 Å². The number of anilines is 1. The predicted molar refractivity (Wildman–Crippen MR) is 133 cm³/mol. The smallest absolute Gasteiger partial charge is 0.416 e. The lowest BCUT2D eigenvalue weighted by Gasteiger charge is -2.18. The summed E-state index contributed by atoms with van der Waals surface area (Å²) in [4.78, 5) is 32.7. The van der Waals surface area contributed by atoms with Crippen molar-refractivity contribution < 1.29 is 36.3 Å². The molecule has 0 bridgehead atoms. The lowest BCUT2D eigenvalue weighted by Crippen LogP contribution is -2.35. The van der Waals surface area contributed by atoms with Crippen molar-refractivity contribution in [3.8, 4) is 5.88 Å². The van der Waals surface area contributed by atoms with Crippen LogP contribution in [0.25, 0.3) is 0 Å². The molecule has 2 amide bonds. The normalized spacial score (nSPS) is 12.5. The van der Waals surface area contributed by atoms with Gasteiger partial charge in [0, 0.05) is 22.8 Å². The quantitative estimate of drug-likeness (QED) is 0.310. The number of nitrogens with one attached hydrogen (secondary N) is 2. The number of carbonyl (C=O) groups excluding carboxylic acids is 2. The summed E-state index contributed by atoms with van der Waals surface area (Å²) in [5, 5.41) is 5.56. The van der Waals surface area contributed by atoms with Gasteiger partial charge in [0.2, 0.25) is 11.8 Å². The van der Waals surface area contributed by atoms with Crippen molar-refractivity contribution in [2.75, 3.05) is 5.32 Å². The summed E-state index contributed by atoms with van der Waals surface area (Å²) in [6.07, 6.45) is -3.28. The largest absolute Gasteiger partial charge is 0.469 e. The van der Waals surface area contributed by atoms with Crippen molar-refractivity contribution in [3.05, 3.63) is 106 Å². The molecule has 2 N–H and O–H groups in total. The Labute approximate surface area is 228 Å². The zero-order valence-corrected chi connectivity index (χ0v) is 21.1. The van der Waals surface area contributed by atoms with Crippen molar-refractivity contribution in [2.45, 2.75) is 25.9 Å². The van der Waals surface area contributed by atoms with E-state index in [0.717, 1.165) is 0 Å². The minimum Gasteiger partial charge on any atom is -0.469 e. The number of imidazole rings is 1. The molecule has 3 heterocycles. The topological polar surface area (TPSA) is 98.1 Å². The van der Waals surface area contributed by atoms with E-state index in [1.54, 1.807) is 18.2 Å². The van der Waals surface area contributed by atoms with E-state index in [9.17, 15) is 31.5 Å². The van der Waals surface area contributed by atoms with Crippen molar-refractivity contribution in [1.82, 2.24) is 19.9 Å². The lowest BCUT2D eigenvalue weighted by atomic mass is 10.1. The number of benzene rings is 2. The molecule has 208 valence electrons. The second-order valence-electron chi connectivity index (χ2n) is 8.26. The molecular weight excluding hydrogens is 561 g/mol. The van der Waals surface area contributed by atoms with E-state index in [2.05, 4.69) is 20.6 Å². The van der Waals surface area contributed by atoms with Crippen LogP contribution in [0.4, 0.5) is 27.8 Å². The third-order valence-electron chi connectivity index (χ3n) is 5.42. The van der Waals surface area contributed by atoms with Gasteiger partial charge in [-0.15, -0.1) is 0 Å². The minimum absolute atomic E-state index is 0.0208. The van der Waals surface area contributed by atoms with Crippen LogP contribution >= 0.6 is 11.6 Å². The Morgan fingerprint density at radius 3 is 2.48 bits per heavy atom. The van der Waals surface area contributed by atoms with Crippen LogP contribution in [-0.2, 0) is 30.7 Å². The Bertz CT molecular complexity index is 1490. The number of pyridine rings is 1. The number of ether oxygens (including phenoxy) is 1. The highest BCUT2D eigenvalue weighted by Gasteiger charge is 2.32. The number of nitrogens with zero attached hydrogens (tertiary/aromatic N) is 3. The van der Waals surface area contributed by atoms with Crippen LogP contribution < -0.4 is 15.4 Å². The number of alkyl halides is 3. The summed E-state index contributed by atoms with van der Waals surface area (Å²) in [6, 6.07) is 12.3. The van der Waals surface area contributed by atoms with Crippen LogP contribution in [0, 0.1) is 11.6 Å². The molecule has 0 aliphatic carbocycles. The molecule has 1 aliphatic heterocycles. The molecule has 0 fully saturated rings. The van der Waals surface area contributed by atoms with Gasteiger partial charge in [-0.2, -0.15) is 13.2 Å². The number of halogens is 6. The highest BCUT2D eigenvalue weighted by molar-refractivity contribution is 6.30. The molecule has 0 atom stereocenters. The SMILES string of the molecule is Fc1ccc(Cl)cc1.O=C1Cn2c(COc3ccccn3)nc(NC(=O)c3cc(F)cc(C(F)(F)F)c3)c2CN1.